The number of ether oxygens (including phenoxy) is 1. The number of rotatable bonds is 2. The van der Waals surface area contributed by atoms with Crippen molar-refractivity contribution in [3.8, 4) is 0 Å². The van der Waals surface area contributed by atoms with Crippen LogP contribution in [0.4, 0.5) is 0 Å². The summed E-state index contributed by atoms with van der Waals surface area (Å²) in [5, 5.41) is 0. The molecule has 0 radical (unpaired) electrons. The Labute approximate surface area is 154 Å². The Morgan fingerprint density at radius 3 is 1.56 bits per heavy atom. The fourth-order valence-corrected chi connectivity index (χ4v) is 1.98. The predicted octanol–water partition coefficient (Wildman–Crippen LogP) is 6.41. The van der Waals surface area contributed by atoms with E-state index in [-0.39, 0.29) is 11.6 Å². The summed E-state index contributed by atoms with van der Waals surface area (Å²) in [6, 6.07) is 21.0. The van der Waals surface area contributed by atoms with Crippen LogP contribution in [0.1, 0.15) is 65.5 Å². The van der Waals surface area contributed by atoms with Gasteiger partial charge >= 0.3 is 5.97 Å². The zero-order valence-electron chi connectivity index (χ0n) is 16.9. The molecule has 25 heavy (non-hydrogen) atoms. The summed E-state index contributed by atoms with van der Waals surface area (Å²) in [7, 11) is 0. The van der Waals surface area contributed by atoms with Gasteiger partial charge in [-0.2, -0.15) is 0 Å². The summed E-state index contributed by atoms with van der Waals surface area (Å²) in [6.45, 7) is 13.5. The number of esters is 1. The second-order valence-electron chi connectivity index (χ2n) is 7.11. The van der Waals surface area contributed by atoms with Crippen LogP contribution in [-0.4, -0.2) is 11.6 Å². The van der Waals surface area contributed by atoms with Gasteiger partial charge in [0.25, 0.3) is 0 Å². The molecule has 0 saturated carbocycles. The summed E-state index contributed by atoms with van der Waals surface area (Å²) in [5.41, 5.74) is 2.50. The van der Waals surface area contributed by atoms with Gasteiger partial charge in [0.05, 0.1) is 0 Å². The van der Waals surface area contributed by atoms with Crippen LogP contribution in [0.2, 0.25) is 0 Å². The molecule has 2 aromatic rings. The van der Waals surface area contributed by atoms with Crippen LogP contribution in [0.3, 0.4) is 0 Å². The number of hydrogen-bond donors (Lipinski definition) is 0. The second kappa shape index (κ2) is 12.3. The third-order valence-corrected chi connectivity index (χ3v) is 3.17. The Morgan fingerprint density at radius 1 is 0.920 bits per heavy atom. The van der Waals surface area contributed by atoms with Crippen LogP contribution in [-0.2, 0) is 16.0 Å². The van der Waals surface area contributed by atoms with Gasteiger partial charge in [0.1, 0.15) is 5.60 Å². The number of carbonyl (C=O) groups is 1. The lowest BCUT2D eigenvalue weighted by Gasteiger charge is -2.17. The van der Waals surface area contributed by atoms with Crippen LogP contribution < -0.4 is 0 Å². The van der Waals surface area contributed by atoms with E-state index in [0.717, 1.165) is 6.42 Å². The Hall–Kier alpha value is -2.09. The van der Waals surface area contributed by atoms with Gasteiger partial charge < -0.3 is 4.74 Å². The van der Waals surface area contributed by atoms with Gasteiger partial charge in [0.2, 0.25) is 0 Å². The Morgan fingerprint density at radius 2 is 1.36 bits per heavy atom. The Kier molecular flexibility index (Phi) is 11.3. The van der Waals surface area contributed by atoms with Crippen molar-refractivity contribution in [1.29, 1.82) is 0 Å². The van der Waals surface area contributed by atoms with Crippen molar-refractivity contribution in [3.05, 3.63) is 71.8 Å². The molecule has 0 unspecified atom stereocenters. The van der Waals surface area contributed by atoms with E-state index in [1.807, 2.05) is 32.9 Å². The van der Waals surface area contributed by atoms with Gasteiger partial charge in [-0.25, -0.2) is 0 Å². The number of aryl methyl sites for hydroxylation is 1. The molecule has 2 rings (SSSR count). The van der Waals surface area contributed by atoms with Gasteiger partial charge in [-0.3, -0.25) is 4.79 Å². The molecule has 0 aliphatic heterocycles. The molecule has 2 heteroatoms. The van der Waals surface area contributed by atoms with E-state index in [2.05, 4.69) is 69.3 Å². The highest BCUT2D eigenvalue weighted by molar-refractivity contribution is 5.66. The molecule has 2 aromatic carbocycles. The van der Waals surface area contributed by atoms with Crippen molar-refractivity contribution in [2.75, 3.05) is 0 Å². The van der Waals surface area contributed by atoms with E-state index in [9.17, 15) is 4.79 Å². The minimum absolute atomic E-state index is 0.225. The molecule has 0 amide bonds. The third kappa shape index (κ3) is 14.0. The highest BCUT2D eigenvalue weighted by Gasteiger charge is 2.11. The van der Waals surface area contributed by atoms with Crippen molar-refractivity contribution < 1.29 is 9.53 Å². The van der Waals surface area contributed by atoms with Crippen molar-refractivity contribution in [3.63, 3.8) is 0 Å². The van der Waals surface area contributed by atoms with Crippen molar-refractivity contribution in [2.24, 2.45) is 0 Å². The molecule has 0 atom stereocenters. The van der Waals surface area contributed by atoms with Crippen molar-refractivity contribution in [2.45, 2.75) is 66.4 Å². The summed E-state index contributed by atoms with van der Waals surface area (Å²) in [6.07, 6.45) is 1.14. The smallest absolute Gasteiger partial charge is 0.303 e. The van der Waals surface area contributed by atoms with E-state index < -0.39 is 0 Å². The normalized spacial score (nSPS) is 10.1. The largest absolute Gasteiger partial charge is 0.460 e. The van der Waals surface area contributed by atoms with Gasteiger partial charge in [-0.1, -0.05) is 81.4 Å². The lowest BCUT2D eigenvalue weighted by Crippen LogP contribution is -2.21. The standard InChI is InChI=1S/C9H12.C8H10.C6H12O2/c1-8(2)9-6-4-3-5-7-9;1-2-8-6-4-3-5-7-8;1-5(7)8-6(2,3)4/h3-8H,1-2H3;3-7H,2H2,1H3;1-4H3. The molecule has 0 fully saturated rings. The fourth-order valence-electron chi connectivity index (χ4n) is 1.98. The van der Waals surface area contributed by atoms with E-state index in [0.29, 0.717) is 5.92 Å². The fraction of sp³-hybridized carbons (Fsp3) is 0.435. The van der Waals surface area contributed by atoms with Crippen LogP contribution >= 0.6 is 0 Å². The first-order valence-electron chi connectivity index (χ1n) is 8.94. The molecule has 0 N–H and O–H groups in total. The molecule has 0 aliphatic rings. The lowest BCUT2D eigenvalue weighted by atomic mass is 10.0. The highest BCUT2D eigenvalue weighted by Crippen LogP contribution is 2.11. The second-order valence-corrected chi connectivity index (χ2v) is 7.11. The molecule has 0 aliphatic carbocycles. The van der Waals surface area contributed by atoms with E-state index in [1.165, 1.54) is 18.1 Å². The van der Waals surface area contributed by atoms with Gasteiger partial charge in [-0.15, -0.1) is 0 Å². The third-order valence-electron chi connectivity index (χ3n) is 3.17. The first-order valence-corrected chi connectivity index (χ1v) is 8.94. The maximum atomic E-state index is 10.2. The molecular weight excluding hydrogens is 308 g/mol. The number of hydrogen-bond acceptors (Lipinski definition) is 2. The highest BCUT2D eigenvalue weighted by atomic mass is 16.6. The summed E-state index contributed by atoms with van der Waals surface area (Å²) in [5.74, 6) is 0.434. The van der Waals surface area contributed by atoms with Crippen LogP contribution in [0.5, 0.6) is 0 Å². The lowest BCUT2D eigenvalue weighted by molar-refractivity contribution is -0.151. The Balaban J connectivity index is 0.000000347. The maximum absolute atomic E-state index is 10.2. The topological polar surface area (TPSA) is 26.3 Å². The van der Waals surface area contributed by atoms with Crippen LogP contribution in [0.15, 0.2) is 60.7 Å². The minimum Gasteiger partial charge on any atom is -0.460 e. The van der Waals surface area contributed by atoms with Crippen molar-refractivity contribution in [1.82, 2.24) is 0 Å². The monoisotopic (exact) mass is 342 g/mol. The molecule has 0 bridgehead atoms. The minimum atomic E-state index is -0.328. The Bertz CT molecular complexity index is 566. The summed E-state index contributed by atoms with van der Waals surface area (Å²) >= 11 is 0. The molecule has 2 nitrogen and oxygen atoms in total. The van der Waals surface area contributed by atoms with Gasteiger partial charge in [0.15, 0.2) is 0 Å². The molecule has 0 saturated heterocycles. The van der Waals surface area contributed by atoms with Crippen LogP contribution in [0.25, 0.3) is 0 Å². The SMILES string of the molecule is CC(=O)OC(C)(C)C.CC(C)c1ccccc1.CCc1ccccc1. The first-order chi connectivity index (χ1) is 11.7. The average Bonchev–Trinajstić information content (AvgIpc) is 2.55. The van der Waals surface area contributed by atoms with E-state index in [1.54, 1.807) is 0 Å². The quantitative estimate of drug-likeness (QED) is 0.590. The molecule has 0 spiro atoms. The van der Waals surface area contributed by atoms with Gasteiger partial charge in [0, 0.05) is 6.92 Å². The summed E-state index contributed by atoms with van der Waals surface area (Å²) < 4.78 is 4.80. The predicted molar refractivity (Wildman–Crippen MR) is 108 cm³/mol. The zero-order valence-corrected chi connectivity index (χ0v) is 16.9. The number of benzene rings is 2. The van der Waals surface area contributed by atoms with Crippen molar-refractivity contribution >= 4 is 5.97 Å². The van der Waals surface area contributed by atoms with Gasteiger partial charge in [-0.05, 0) is 44.2 Å². The number of carbonyl (C=O) groups excluding carboxylic acids is 1. The first kappa shape index (κ1) is 22.9. The maximum Gasteiger partial charge on any atom is 0.303 e. The molecular formula is C23H34O2. The molecule has 0 heterocycles. The van der Waals surface area contributed by atoms with E-state index >= 15 is 0 Å². The van der Waals surface area contributed by atoms with E-state index in [4.69, 9.17) is 4.74 Å². The zero-order chi connectivity index (χ0) is 19.3. The average molecular weight is 343 g/mol. The molecule has 138 valence electrons. The molecule has 0 aromatic heterocycles. The van der Waals surface area contributed by atoms with Crippen LogP contribution in [0, 0.1) is 0 Å². The summed E-state index contributed by atoms with van der Waals surface area (Å²) in [4.78, 5) is 10.2.